The number of alkyl halides is 3. The van der Waals surface area contributed by atoms with Crippen molar-refractivity contribution in [3.63, 3.8) is 0 Å². The van der Waals surface area contributed by atoms with Crippen molar-refractivity contribution >= 4 is 0 Å². The van der Waals surface area contributed by atoms with E-state index in [0.717, 1.165) is 19.3 Å². The molecule has 0 saturated heterocycles. The molecule has 0 heterocycles. The van der Waals surface area contributed by atoms with Gasteiger partial charge in [0.25, 0.3) is 0 Å². The number of hydrogen-bond acceptors (Lipinski definition) is 1. The van der Waals surface area contributed by atoms with Gasteiger partial charge in [-0.15, -0.1) is 0 Å². The standard InChI is InChI=1S/C7H12F3N/c1-2-6(3-4-6)11-5-7(8,9)10/h11H,2-5H2,1H3. The predicted octanol–water partition coefficient (Wildman–Crippen LogP) is 2.08. The predicted molar refractivity (Wildman–Crippen MR) is 36.3 cm³/mol. The maximum Gasteiger partial charge on any atom is 0.401 e. The van der Waals surface area contributed by atoms with E-state index >= 15 is 0 Å². The van der Waals surface area contributed by atoms with Crippen molar-refractivity contribution < 1.29 is 13.2 Å². The molecule has 0 aromatic heterocycles. The molecule has 0 aromatic rings. The zero-order valence-corrected chi connectivity index (χ0v) is 6.46. The highest BCUT2D eigenvalue weighted by molar-refractivity contribution is 5.00. The second kappa shape index (κ2) is 2.66. The van der Waals surface area contributed by atoms with Gasteiger partial charge in [-0.1, -0.05) is 6.92 Å². The van der Waals surface area contributed by atoms with Crippen molar-refractivity contribution in [1.29, 1.82) is 0 Å². The van der Waals surface area contributed by atoms with Crippen molar-refractivity contribution in [1.82, 2.24) is 5.32 Å². The van der Waals surface area contributed by atoms with E-state index in [4.69, 9.17) is 0 Å². The first-order valence-electron chi connectivity index (χ1n) is 3.79. The van der Waals surface area contributed by atoms with Crippen LogP contribution in [0, 0.1) is 0 Å². The summed E-state index contributed by atoms with van der Waals surface area (Å²) in [5.41, 5.74) is -0.171. The first kappa shape index (κ1) is 8.84. The fourth-order valence-electron chi connectivity index (χ4n) is 1.09. The van der Waals surface area contributed by atoms with Crippen LogP contribution in [0.2, 0.25) is 0 Å². The van der Waals surface area contributed by atoms with Crippen molar-refractivity contribution in [2.75, 3.05) is 6.54 Å². The van der Waals surface area contributed by atoms with Gasteiger partial charge >= 0.3 is 6.18 Å². The van der Waals surface area contributed by atoms with Gasteiger partial charge in [-0.2, -0.15) is 13.2 Å². The number of halogens is 3. The van der Waals surface area contributed by atoms with Gasteiger partial charge in [-0.05, 0) is 19.3 Å². The third-order valence-corrected chi connectivity index (χ3v) is 2.19. The highest BCUT2D eigenvalue weighted by atomic mass is 19.4. The Morgan fingerprint density at radius 3 is 2.18 bits per heavy atom. The van der Waals surface area contributed by atoms with Gasteiger partial charge < -0.3 is 5.32 Å². The maximum atomic E-state index is 11.7. The fraction of sp³-hybridized carbons (Fsp3) is 1.00. The largest absolute Gasteiger partial charge is 0.401 e. The van der Waals surface area contributed by atoms with Gasteiger partial charge in [-0.25, -0.2) is 0 Å². The zero-order chi connectivity index (χ0) is 8.54. The molecule has 1 fully saturated rings. The van der Waals surface area contributed by atoms with Crippen molar-refractivity contribution in [3.05, 3.63) is 0 Å². The summed E-state index contributed by atoms with van der Waals surface area (Å²) >= 11 is 0. The van der Waals surface area contributed by atoms with Crippen molar-refractivity contribution in [3.8, 4) is 0 Å². The number of nitrogens with one attached hydrogen (secondary N) is 1. The molecule has 11 heavy (non-hydrogen) atoms. The molecule has 1 N–H and O–H groups in total. The van der Waals surface area contributed by atoms with Crippen LogP contribution < -0.4 is 5.32 Å². The Kier molecular flexibility index (Phi) is 2.14. The van der Waals surface area contributed by atoms with E-state index in [1.54, 1.807) is 0 Å². The first-order valence-corrected chi connectivity index (χ1v) is 3.79. The highest BCUT2D eigenvalue weighted by Crippen LogP contribution is 2.38. The van der Waals surface area contributed by atoms with Gasteiger partial charge in [0.05, 0.1) is 6.54 Å². The lowest BCUT2D eigenvalue weighted by molar-refractivity contribution is -0.126. The molecule has 0 aliphatic heterocycles. The van der Waals surface area contributed by atoms with Crippen molar-refractivity contribution in [2.45, 2.75) is 37.9 Å². The Bertz CT molecular complexity index is 137. The Balaban J connectivity index is 2.22. The third-order valence-electron chi connectivity index (χ3n) is 2.19. The van der Waals surface area contributed by atoms with Crippen molar-refractivity contribution in [2.24, 2.45) is 0 Å². The number of hydrogen-bond donors (Lipinski definition) is 1. The second-order valence-electron chi connectivity index (χ2n) is 3.10. The van der Waals surface area contributed by atoms with Crippen LogP contribution in [0.15, 0.2) is 0 Å². The van der Waals surface area contributed by atoms with Crippen LogP contribution in [0.1, 0.15) is 26.2 Å². The molecular weight excluding hydrogens is 155 g/mol. The van der Waals surface area contributed by atoms with Crippen LogP contribution in [0.3, 0.4) is 0 Å². The number of rotatable bonds is 3. The molecular formula is C7H12F3N. The molecule has 1 aliphatic carbocycles. The van der Waals surface area contributed by atoms with Crippen LogP contribution in [-0.2, 0) is 0 Å². The molecule has 4 heteroatoms. The molecule has 1 saturated carbocycles. The molecule has 0 spiro atoms. The zero-order valence-electron chi connectivity index (χ0n) is 6.46. The summed E-state index contributed by atoms with van der Waals surface area (Å²) in [6, 6.07) is 0. The van der Waals surface area contributed by atoms with Crippen LogP contribution in [0.25, 0.3) is 0 Å². The summed E-state index contributed by atoms with van der Waals surface area (Å²) in [6.45, 7) is 1.07. The van der Waals surface area contributed by atoms with E-state index in [9.17, 15) is 13.2 Å². The van der Waals surface area contributed by atoms with Gasteiger partial charge in [0.2, 0.25) is 0 Å². The maximum absolute atomic E-state index is 11.7. The van der Waals surface area contributed by atoms with E-state index in [1.807, 2.05) is 6.92 Å². The SMILES string of the molecule is CCC1(NCC(F)(F)F)CC1. The van der Waals surface area contributed by atoms with E-state index in [0.29, 0.717) is 0 Å². The van der Waals surface area contributed by atoms with Gasteiger partial charge in [0.1, 0.15) is 0 Å². The normalized spacial score (nSPS) is 21.8. The average molecular weight is 167 g/mol. The van der Waals surface area contributed by atoms with Gasteiger partial charge in [-0.3, -0.25) is 0 Å². The van der Waals surface area contributed by atoms with Gasteiger partial charge in [0, 0.05) is 5.54 Å². The van der Waals surface area contributed by atoms with Crippen LogP contribution in [0.4, 0.5) is 13.2 Å². The lowest BCUT2D eigenvalue weighted by Crippen LogP contribution is -2.38. The fourth-order valence-corrected chi connectivity index (χ4v) is 1.09. The molecule has 1 nitrogen and oxygen atoms in total. The Hall–Kier alpha value is -0.250. The van der Waals surface area contributed by atoms with Crippen LogP contribution in [0.5, 0.6) is 0 Å². The smallest absolute Gasteiger partial charge is 0.303 e. The summed E-state index contributed by atoms with van der Waals surface area (Å²) in [4.78, 5) is 0. The van der Waals surface area contributed by atoms with Crippen LogP contribution >= 0.6 is 0 Å². The summed E-state index contributed by atoms with van der Waals surface area (Å²) in [6.07, 6.45) is -1.49. The Labute approximate surface area is 64.0 Å². The average Bonchev–Trinajstić information content (AvgIpc) is 2.63. The molecule has 66 valence electrons. The van der Waals surface area contributed by atoms with Crippen LogP contribution in [-0.4, -0.2) is 18.3 Å². The Morgan fingerprint density at radius 2 is 1.91 bits per heavy atom. The summed E-state index contributed by atoms with van der Waals surface area (Å²) < 4.78 is 35.1. The molecule has 0 aromatic carbocycles. The minimum atomic E-state index is -4.06. The van der Waals surface area contributed by atoms with E-state index in [-0.39, 0.29) is 5.54 Å². The summed E-state index contributed by atoms with van der Waals surface area (Å²) in [5.74, 6) is 0. The molecule has 0 atom stereocenters. The quantitative estimate of drug-likeness (QED) is 0.678. The summed E-state index contributed by atoms with van der Waals surface area (Å²) in [7, 11) is 0. The lowest BCUT2D eigenvalue weighted by atomic mass is 10.2. The van der Waals surface area contributed by atoms with E-state index in [1.165, 1.54) is 0 Å². The molecule has 0 bridgehead atoms. The Morgan fingerprint density at radius 1 is 1.36 bits per heavy atom. The topological polar surface area (TPSA) is 12.0 Å². The molecule has 0 radical (unpaired) electrons. The minimum absolute atomic E-state index is 0.171. The second-order valence-corrected chi connectivity index (χ2v) is 3.10. The minimum Gasteiger partial charge on any atom is -0.303 e. The lowest BCUT2D eigenvalue weighted by Gasteiger charge is -2.16. The molecule has 0 amide bonds. The summed E-state index contributed by atoms with van der Waals surface area (Å²) in [5, 5.41) is 2.53. The van der Waals surface area contributed by atoms with E-state index in [2.05, 4.69) is 5.32 Å². The third kappa shape index (κ3) is 2.69. The highest BCUT2D eigenvalue weighted by Gasteiger charge is 2.42. The molecule has 0 unspecified atom stereocenters. The monoisotopic (exact) mass is 167 g/mol. The first-order chi connectivity index (χ1) is 4.97. The molecule has 1 rings (SSSR count). The van der Waals surface area contributed by atoms with E-state index < -0.39 is 12.7 Å². The van der Waals surface area contributed by atoms with Gasteiger partial charge in [0.15, 0.2) is 0 Å². The molecule has 1 aliphatic rings.